The van der Waals surface area contributed by atoms with Crippen LogP contribution < -0.4 is 9.64 Å². The second-order valence-corrected chi connectivity index (χ2v) is 12.5. The first kappa shape index (κ1) is 28.3. The summed E-state index contributed by atoms with van der Waals surface area (Å²) in [7, 11) is 3.39. The zero-order chi connectivity index (χ0) is 28.9. The fraction of sp³-hybridized carbons (Fsp3) is 0.500. The van der Waals surface area contributed by atoms with Crippen LogP contribution in [0.15, 0.2) is 28.5 Å². The minimum absolute atomic E-state index is 0.0542. The third-order valence-electron chi connectivity index (χ3n) is 8.29. The van der Waals surface area contributed by atoms with Crippen LogP contribution in [-0.4, -0.2) is 81.3 Å². The van der Waals surface area contributed by atoms with Crippen molar-refractivity contribution < 1.29 is 18.3 Å². The van der Waals surface area contributed by atoms with E-state index in [0.29, 0.717) is 55.8 Å². The lowest BCUT2D eigenvalue weighted by atomic mass is 9.94. The number of nitrogens with zero attached hydrogens (tertiary/aromatic N) is 7. The number of anilines is 1. The predicted molar refractivity (Wildman–Crippen MR) is 156 cm³/mol. The van der Waals surface area contributed by atoms with Crippen molar-refractivity contribution in [1.29, 1.82) is 0 Å². The van der Waals surface area contributed by atoms with Gasteiger partial charge >= 0.3 is 6.01 Å². The number of hydrogen-bond acceptors (Lipinski definition) is 7. The van der Waals surface area contributed by atoms with E-state index in [2.05, 4.69) is 30.9 Å². The molecule has 1 unspecified atom stereocenters. The van der Waals surface area contributed by atoms with Crippen molar-refractivity contribution in [2.45, 2.75) is 50.7 Å². The van der Waals surface area contributed by atoms with Gasteiger partial charge in [-0.3, -0.25) is 14.4 Å². The molecule has 0 saturated carbocycles. The summed E-state index contributed by atoms with van der Waals surface area (Å²) < 4.78 is 37.2. The summed E-state index contributed by atoms with van der Waals surface area (Å²) in [4.78, 5) is 27.7. The molecule has 0 bridgehead atoms. The van der Waals surface area contributed by atoms with Crippen molar-refractivity contribution in [3.63, 3.8) is 0 Å². The number of carbonyl (C=O) groups is 1. The molecule has 6 rings (SSSR count). The second-order valence-electron chi connectivity index (χ2n) is 11.3. The van der Waals surface area contributed by atoms with Crippen molar-refractivity contribution in [2.24, 2.45) is 0 Å². The van der Waals surface area contributed by atoms with Gasteiger partial charge in [-0.15, -0.1) is 0 Å². The number of hydrogen-bond donors (Lipinski definition) is 0. The van der Waals surface area contributed by atoms with Crippen LogP contribution in [0.2, 0.25) is 5.02 Å². The van der Waals surface area contributed by atoms with Crippen molar-refractivity contribution in [1.82, 2.24) is 29.5 Å². The molecule has 218 valence electrons. The van der Waals surface area contributed by atoms with Crippen LogP contribution in [0.1, 0.15) is 48.3 Å². The van der Waals surface area contributed by atoms with Crippen LogP contribution in [0.25, 0.3) is 10.9 Å². The first-order valence-electron chi connectivity index (χ1n) is 13.7. The molecule has 3 aliphatic rings. The minimum atomic E-state index is -0.596. The number of carbonyl (C=O) groups excluding carboxylic acids is 1. The Bertz CT molecular complexity index is 1550. The number of rotatable bonds is 5. The molecular formula is C28H31BrClF2N7O2. The van der Waals surface area contributed by atoms with Gasteiger partial charge in [0, 0.05) is 39.1 Å². The fourth-order valence-electron chi connectivity index (χ4n) is 6.22. The number of halogens is 4. The maximum Gasteiger partial charge on any atom is 0.319 e. The van der Waals surface area contributed by atoms with Gasteiger partial charge in [0.15, 0.2) is 11.5 Å². The zero-order valence-electron chi connectivity index (χ0n) is 23.0. The average molecular weight is 651 g/mol. The maximum absolute atomic E-state index is 15.6. The van der Waals surface area contributed by atoms with E-state index in [0.717, 1.165) is 43.5 Å². The Balaban J connectivity index is 1.39. The largest absolute Gasteiger partial charge is 0.461 e. The highest BCUT2D eigenvalue weighted by Crippen LogP contribution is 2.42. The molecule has 5 heterocycles. The Morgan fingerprint density at radius 3 is 2.78 bits per heavy atom. The summed E-state index contributed by atoms with van der Waals surface area (Å²) in [5.41, 5.74) is 1.75. The van der Waals surface area contributed by atoms with E-state index < -0.39 is 5.82 Å². The molecule has 0 radical (unpaired) electrons. The van der Waals surface area contributed by atoms with Gasteiger partial charge in [0.25, 0.3) is 5.91 Å². The van der Waals surface area contributed by atoms with Gasteiger partial charge in [-0.05, 0) is 72.3 Å². The molecule has 2 fully saturated rings. The average Bonchev–Trinajstić information content (AvgIpc) is 3.62. The van der Waals surface area contributed by atoms with Gasteiger partial charge in [0.1, 0.15) is 17.9 Å². The molecule has 0 aliphatic carbocycles. The molecular weight excluding hydrogens is 620 g/mol. The van der Waals surface area contributed by atoms with E-state index >= 15 is 4.39 Å². The molecule has 2 saturated heterocycles. The van der Waals surface area contributed by atoms with E-state index in [1.54, 1.807) is 26.2 Å². The highest BCUT2D eigenvalue weighted by atomic mass is 79.9. The van der Waals surface area contributed by atoms with Crippen molar-refractivity contribution in [3.05, 3.63) is 50.7 Å². The van der Waals surface area contributed by atoms with E-state index in [1.807, 2.05) is 9.58 Å². The summed E-state index contributed by atoms with van der Waals surface area (Å²) in [6, 6.07) is 3.51. The molecule has 1 atom stereocenters. The standard InChI is InChI=1S/C28H31BrClF2N7O2/c1-36(2)26(40)21-10-18-15-37(7-3-4-9-39(18)35-21)25-19-11-20(30)22(29)23(32)24(19)33-27(34-25)41-16-28-6-5-8-38(28)14-17(12-28)13-31/h10-11,13H,3-9,12,14-16H2,1-2H3/b17-13-. The first-order valence-corrected chi connectivity index (χ1v) is 14.9. The summed E-state index contributed by atoms with van der Waals surface area (Å²) in [5, 5.41) is 5.23. The predicted octanol–water partition coefficient (Wildman–Crippen LogP) is 5.35. The van der Waals surface area contributed by atoms with E-state index in [4.69, 9.17) is 21.3 Å². The Morgan fingerprint density at radius 2 is 2.00 bits per heavy atom. The molecule has 13 heteroatoms. The first-order chi connectivity index (χ1) is 19.7. The Kier molecular flexibility index (Phi) is 7.67. The molecule has 2 aromatic heterocycles. The molecule has 0 spiro atoms. The number of fused-ring (bicyclic) bond motifs is 3. The highest BCUT2D eigenvalue weighted by Gasteiger charge is 2.47. The maximum atomic E-state index is 15.6. The lowest BCUT2D eigenvalue weighted by Crippen LogP contribution is -2.43. The Morgan fingerprint density at radius 1 is 1.20 bits per heavy atom. The van der Waals surface area contributed by atoms with Crippen molar-refractivity contribution >= 4 is 50.2 Å². The number of aromatic nitrogens is 4. The molecule has 41 heavy (non-hydrogen) atoms. The number of ether oxygens (including phenoxy) is 1. The van der Waals surface area contributed by atoms with E-state index in [9.17, 15) is 9.18 Å². The van der Waals surface area contributed by atoms with Crippen LogP contribution in [0.4, 0.5) is 14.6 Å². The SMILES string of the molecule is CN(C)C(=O)c1cc2n(n1)CCCCN(c1nc(OCC34CCCN3C/C(=C\F)C4)nc3c(F)c(Br)c(Cl)cc13)C2. The lowest BCUT2D eigenvalue weighted by molar-refractivity contribution is 0.0821. The monoisotopic (exact) mass is 649 g/mol. The third-order valence-corrected chi connectivity index (χ3v) is 9.59. The Labute approximate surface area is 250 Å². The Hall–Kier alpha value is -2.83. The van der Waals surface area contributed by atoms with Gasteiger partial charge in [-0.25, -0.2) is 8.78 Å². The van der Waals surface area contributed by atoms with Crippen molar-refractivity contribution in [3.8, 4) is 6.01 Å². The summed E-state index contributed by atoms with van der Waals surface area (Å²) in [6.07, 6.45) is 4.85. The summed E-state index contributed by atoms with van der Waals surface area (Å²) >= 11 is 9.64. The topological polar surface area (TPSA) is 79.6 Å². The fourth-order valence-corrected chi connectivity index (χ4v) is 6.72. The van der Waals surface area contributed by atoms with Crippen LogP contribution in [0.5, 0.6) is 6.01 Å². The van der Waals surface area contributed by atoms with E-state index in [1.165, 1.54) is 4.90 Å². The molecule has 0 N–H and O–H groups in total. The molecule has 3 aromatic rings. The van der Waals surface area contributed by atoms with Gasteiger partial charge in [-0.1, -0.05) is 11.6 Å². The van der Waals surface area contributed by atoms with Gasteiger partial charge in [0.2, 0.25) is 0 Å². The highest BCUT2D eigenvalue weighted by molar-refractivity contribution is 9.10. The van der Waals surface area contributed by atoms with Crippen LogP contribution in [0.3, 0.4) is 0 Å². The quantitative estimate of drug-likeness (QED) is 0.345. The van der Waals surface area contributed by atoms with Gasteiger partial charge in [-0.2, -0.15) is 15.1 Å². The molecule has 9 nitrogen and oxygen atoms in total. The van der Waals surface area contributed by atoms with Crippen LogP contribution >= 0.6 is 27.5 Å². The van der Waals surface area contributed by atoms with Gasteiger partial charge in [0.05, 0.1) is 33.6 Å². The molecule has 1 aromatic carbocycles. The minimum Gasteiger partial charge on any atom is -0.461 e. The van der Waals surface area contributed by atoms with Crippen molar-refractivity contribution in [2.75, 3.05) is 45.2 Å². The smallest absolute Gasteiger partial charge is 0.319 e. The lowest BCUT2D eigenvalue weighted by Gasteiger charge is -2.31. The zero-order valence-corrected chi connectivity index (χ0v) is 25.3. The molecule has 3 aliphatic heterocycles. The summed E-state index contributed by atoms with van der Waals surface area (Å²) in [6.45, 7) is 3.48. The van der Waals surface area contributed by atoms with Crippen LogP contribution in [0, 0.1) is 5.82 Å². The molecule has 1 amide bonds. The number of aryl methyl sites for hydroxylation is 1. The summed E-state index contributed by atoms with van der Waals surface area (Å²) in [5.74, 6) is -0.276. The third kappa shape index (κ3) is 5.18. The second kappa shape index (κ2) is 11.1. The van der Waals surface area contributed by atoms with Gasteiger partial charge < -0.3 is 14.5 Å². The van der Waals surface area contributed by atoms with E-state index in [-0.39, 0.29) is 39.1 Å². The number of amides is 1. The number of benzene rings is 1. The van der Waals surface area contributed by atoms with Crippen LogP contribution in [-0.2, 0) is 13.1 Å². The normalized spacial score (nSPS) is 22.1.